The van der Waals surface area contributed by atoms with Crippen LogP contribution >= 0.6 is 0 Å². The zero-order valence-electron chi connectivity index (χ0n) is 6.66. The normalized spacial score (nSPS) is 7.73. The number of hydrogen-bond donors (Lipinski definition) is 1. The summed E-state index contributed by atoms with van der Waals surface area (Å²) in [6, 6.07) is 0. The van der Waals surface area contributed by atoms with Gasteiger partial charge in [0.1, 0.15) is 12.4 Å². The molecule has 0 saturated carbocycles. The van der Waals surface area contributed by atoms with Gasteiger partial charge in [-0.3, -0.25) is 0 Å². The quantitative estimate of drug-likeness (QED) is 0.376. The number of rotatable bonds is 1. The number of aromatic nitrogens is 2. The topological polar surface area (TPSA) is 43.5 Å². The Hall–Kier alpha value is -1.08. The van der Waals surface area contributed by atoms with Crippen LogP contribution in [0.3, 0.4) is 0 Å². The molecule has 60 valence electrons. The van der Waals surface area contributed by atoms with Crippen LogP contribution in [0, 0.1) is 10.7 Å². The fourth-order valence-corrected chi connectivity index (χ4v) is 0.789. The first-order valence-corrected chi connectivity index (χ1v) is 3.70. The molecule has 11 heavy (non-hydrogen) atoms. The molecule has 0 atom stereocenters. The van der Waals surface area contributed by atoms with Gasteiger partial charge in [0.2, 0.25) is 0 Å². The Balaban J connectivity index is 0.000000292. The maximum atomic E-state index is 7.13. The lowest BCUT2D eigenvalue weighted by atomic mass is 10.5. The molecule has 0 spiro atoms. The molecule has 0 aromatic carbocycles. The van der Waals surface area contributed by atoms with Crippen molar-refractivity contribution >= 4 is 12.6 Å². The van der Waals surface area contributed by atoms with E-state index in [1.54, 1.807) is 0 Å². The van der Waals surface area contributed by atoms with Crippen molar-refractivity contribution in [2.75, 3.05) is 0 Å². The third kappa shape index (κ3) is 3.58. The number of nitrogens with one attached hydrogen (secondary N) is 1. The average molecular weight is 169 g/mol. The summed E-state index contributed by atoms with van der Waals surface area (Å²) in [5, 5.41) is 8.47. The third-order valence-electron chi connectivity index (χ3n) is 1.31. The molecular weight excluding hydrogens is 158 g/mol. The van der Waals surface area contributed by atoms with Crippen LogP contribution in [0.15, 0.2) is 12.4 Å². The second-order valence-electron chi connectivity index (χ2n) is 1.96. The van der Waals surface area contributed by atoms with Crippen LogP contribution in [-0.4, -0.2) is 4.98 Å². The molecule has 0 aliphatic rings. The monoisotopic (exact) mass is 169 g/mol. The molecule has 0 aliphatic heterocycles. The molecule has 1 rings (SSSR count). The molecule has 0 saturated heterocycles. The highest BCUT2D eigenvalue weighted by atomic mass is 32.1. The summed E-state index contributed by atoms with van der Waals surface area (Å²) < 4.78 is 2.08. The highest BCUT2D eigenvalue weighted by molar-refractivity contribution is 7.64. The molecule has 1 aromatic heterocycles. The minimum Gasteiger partial charge on any atom is -0.696 e. The molecule has 0 fully saturated rings. The fraction of sp³-hybridized carbons (Fsp3) is 0.429. The number of aromatic amines is 1. The van der Waals surface area contributed by atoms with Gasteiger partial charge < -0.3 is 12.6 Å². The lowest BCUT2D eigenvalue weighted by molar-refractivity contribution is -0.677. The van der Waals surface area contributed by atoms with Crippen molar-refractivity contribution in [1.82, 2.24) is 4.98 Å². The van der Waals surface area contributed by atoms with Crippen molar-refractivity contribution in [3.05, 3.63) is 18.2 Å². The maximum absolute atomic E-state index is 7.13. The largest absolute Gasteiger partial charge is 0.696 e. The summed E-state index contributed by atoms with van der Waals surface area (Å²) in [4.78, 5) is 3.12. The number of hydrogen-bond acceptors (Lipinski definition) is 2. The van der Waals surface area contributed by atoms with E-state index in [-0.39, 0.29) is 0 Å². The summed E-state index contributed by atoms with van der Waals surface area (Å²) in [6.45, 7) is 2.13. The number of nitriles is 1. The van der Waals surface area contributed by atoms with E-state index in [9.17, 15) is 0 Å². The van der Waals surface area contributed by atoms with E-state index < -0.39 is 0 Å². The number of H-pyrrole nitrogens is 1. The van der Waals surface area contributed by atoms with Gasteiger partial charge in [0.15, 0.2) is 0 Å². The van der Waals surface area contributed by atoms with E-state index in [0.717, 1.165) is 6.42 Å². The highest BCUT2D eigenvalue weighted by Crippen LogP contribution is 1.82. The van der Waals surface area contributed by atoms with Gasteiger partial charge in [0.05, 0.1) is 7.05 Å². The molecule has 3 nitrogen and oxygen atoms in total. The summed E-state index contributed by atoms with van der Waals surface area (Å²) >= 11 is 3.70. The number of nitrogens with zero attached hydrogens (tertiary/aromatic N) is 2. The maximum Gasteiger partial charge on any atom is 0.253 e. The molecule has 0 aliphatic carbocycles. The first-order valence-electron chi connectivity index (χ1n) is 3.29. The summed E-state index contributed by atoms with van der Waals surface area (Å²) in [5.74, 6) is 1.27. The lowest BCUT2D eigenvalue weighted by Crippen LogP contribution is -2.29. The van der Waals surface area contributed by atoms with Gasteiger partial charge in [0, 0.05) is 6.42 Å². The molecule has 1 aromatic rings. The van der Waals surface area contributed by atoms with Gasteiger partial charge in [-0.15, -0.1) is 0 Å². The standard InChI is InChI=1S/C6H10N2.CHNS/c1-3-6-7-4-5-8(6)2;2-1-3/h4-5H,3H2,1-2H3;3H. The second kappa shape index (κ2) is 5.69. The minimum atomic E-state index is 1.07. The van der Waals surface area contributed by atoms with Crippen LogP contribution in [-0.2, 0) is 26.1 Å². The van der Waals surface area contributed by atoms with Crippen molar-refractivity contribution in [3.8, 4) is 5.40 Å². The molecular formula is C7H11N3S. The Morgan fingerprint density at radius 3 is 2.55 bits per heavy atom. The summed E-state index contributed by atoms with van der Waals surface area (Å²) in [7, 11) is 2.04. The minimum absolute atomic E-state index is 1.07. The van der Waals surface area contributed by atoms with E-state index in [1.165, 1.54) is 11.2 Å². The zero-order valence-corrected chi connectivity index (χ0v) is 7.48. The van der Waals surface area contributed by atoms with Gasteiger partial charge in [-0.1, -0.05) is 12.3 Å². The molecule has 4 heteroatoms. The Labute approximate surface area is 72.1 Å². The van der Waals surface area contributed by atoms with Gasteiger partial charge in [-0.2, -0.15) is 0 Å². The van der Waals surface area contributed by atoms with Crippen LogP contribution in [0.1, 0.15) is 12.7 Å². The van der Waals surface area contributed by atoms with E-state index >= 15 is 0 Å². The van der Waals surface area contributed by atoms with Crippen LogP contribution in [0.5, 0.6) is 0 Å². The van der Waals surface area contributed by atoms with Gasteiger partial charge in [0.25, 0.3) is 5.82 Å². The van der Waals surface area contributed by atoms with Crippen LogP contribution in [0.2, 0.25) is 0 Å². The number of aryl methyl sites for hydroxylation is 2. The van der Waals surface area contributed by atoms with E-state index in [1.807, 2.05) is 19.4 Å². The predicted octanol–water partition coefficient (Wildman–Crippen LogP) is 0.416. The zero-order chi connectivity index (χ0) is 8.69. The van der Waals surface area contributed by atoms with Crippen molar-refractivity contribution in [1.29, 1.82) is 5.26 Å². The Morgan fingerprint density at radius 1 is 1.82 bits per heavy atom. The number of imidazole rings is 1. The van der Waals surface area contributed by atoms with Gasteiger partial charge >= 0.3 is 0 Å². The Bertz CT molecular complexity index is 236. The molecule has 0 bridgehead atoms. The van der Waals surface area contributed by atoms with Crippen molar-refractivity contribution in [2.45, 2.75) is 13.3 Å². The highest BCUT2D eigenvalue weighted by Gasteiger charge is 1.99. The van der Waals surface area contributed by atoms with Crippen LogP contribution < -0.4 is 4.57 Å². The molecule has 1 heterocycles. The summed E-state index contributed by atoms with van der Waals surface area (Å²) in [5.41, 5.74) is 0. The van der Waals surface area contributed by atoms with Crippen LogP contribution in [0.25, 0.3) is 0 Å². The van der Waals surface area contributed by atoms with Crippen molar-refractivity contribution in [3.63, 3.8) is 0 Å². The molecule has 0 amide bonds. The first kappa shape index (κ1) is 9.92. The van der Waals surface area contributed by atoms with Gasteiger partial charge in [-0.05, 0) is 0 Å². The van der Waals surface area contributed by atoms with Gasteiger partial charge in [-0.25, -0.2) is 14.8 Å². The summed E-state index contributed by atoms with van der Waals surface area (Å²) in [6.07, 6.45) is 5.03. The Morgan fingerprint density at radius 2 is 2.36 bits per heavy atom. The van der Waals surface area contributed by atoms with E-state index in [0.29, 0.717) is 0 Å². The molecule has 0 radical (unpaired) electrons. The van der Waals surface area contributed by atoms with Crippen LogP contribution in [0.4, 0.5) is 0 Å². The van der Waals surface area contributed by atoms with E-state index in [2.05, 4.69) is 29.1 Å². The third-order valence-corrected chi connectivity index (χ3v) is 1.31. The smallest absolute Gasteiger partial charge is 0.253 e. The molecule has 0 unspecified atom stereocenters. The Kier molecular flexibility index (Phi) is 5.13. The van der Waals surface area contributed by atoms with Crippen molar-refractivity contribution in [2.24, 2.45) is 7.05 Å². The van der Waals surface area contributed by atoms with E-state index in [4.69, 9.17) is 5.26 Å². The average Bonchev–Trinajstić information content (AvgIpc) is 2.36. The number of thiocyanates is 1. The lowest BCUT2D eigenvalue weighted by Gasteiger charge is -1.83. The SMILES string of the molecule is CCc1[nH]cc[n+]1C.N#C[S-]. The van der Waals surface area contributed by atoms with Crippen molar-refractivity contribution < 1.29 is 4.57 Å². The fourth-order valence-electron chi connectivity index (χ4n) is 0.789. The first-order chi connectivity index (χ1) is 5.26. The predicted molar refractivity (Wildman–Crippen MR) is 44.3 cm³/mol. The second-order valence-corrected chi connectivity index (χ2v) is 2.15. The molecule has 1 N–H and O–H groups in total.